The van der Waals surface area contributed by atoms with Gasteiger partial charge in [0.05, 0.1) is 23.9 Å². The number of aromatic hydroxyl groups is 1. The number of nitrogens with one attached hydrogen (secondary N) is 2. The fourth-order valence-electron chi connectivity index (χ4n) is 7.11. The minimum absolute atomic E-state index is 0.0325. The molecule has 1 fully saturated rings. The highest BCUT2D eigenvalue weighted by Crippen LogP contribution is 2.36. The third-order valence-electron chi connectivity index (χ3n) is 9.96. The number of pyridine rings is 1. The van der Waals surface area contributed by atoms with Gasteiger partial charge in [-0.25, -0.2) is 4.79 Å². The number of aliphatic hydroxyl groups is 1. The van der Waals surface area contributed by atoms with Crippen LogP contribution >= 0.6 is 0 Å². The maximum atomic E-state index is 12.7. The summed E-state index contributed by atoms with van der Waals surface area (Å²) >= 11 is 0. The van der Waals surface area contributed by atoms with Gasteiger partial charge in [-0.2, -0.15) is 0 Å². The average Bonchev–Trinajstić information content (AvgIpc) is 3.15. The fourth-order valence-corrected chi connectivity index (χ4v) is 7.11. The van der Waals surface area contributed by atoms with E-state index < -0.39 is 12.2 Å². The number of nitrogens with zero attached hydrogens (tertiary/aromatic N) is 1. The Morgan fingerprint density at radius 2 is 1.65 bits per heavy atom. The lowest BCUT2D eigenvalue weighted by Gasteiger charge is -2.35. The van der Waals surface area contributed by atoms with E-state index >= 15 is 0 Å². The number of phenolic OH excluding ortho intramolecular Hbond substituents is 1. The van der Waals surface area contributed by atoms with Crippen LogP contribution in [0, 0.1) is 0 Å². The number of carboxylic acid groups (broad SMARTS) is 1. The van der Waals surface area contributed by atoms with E-state index in [1.807, 2.05) is 54.6 Å². The summed E-state index contributed by atoms with van der Waals surface area (Å²) in [4.78, 5) is 28.6. The van der Waals surface area contributed by atoms with Gasteiger partial charge in [0.2, 0.25) is 5.56 Å². The van der Waals surface area contributed by atoms with Gasteiger partial charge in [-0.3, -0.25) is 9.69 Å². The summed E-state index contributed by atoms with van der Waals surface area (Å²) in [6.45, 7) is 1.57. The lowest BCUT2D eigenvalue weighted by molar-refractivity contribution is 0.176. The molecule has 7 N–H and O–H groups in total. The van der Waals surface area contributed by atoms with Crippen LogP contribution in [0.2, 0.25) is 0 Å². The highest BCUT2D eigenvalue weighted by Gasteiger charge is 2.30. The maximum Gasteiger partial charge on any atom is 0.412 e. The number of H-pyrrole nitrogens is 1. The molecule has 1 aliphatic carbocycles. The molecule has 0 spiro atoms. The predicted molar refractivity (Wildman–Crippen MR) is 205 cm³/mol. The topological polar surface area (TPSA) is 161 Å². The molecule has 10 nitrogen and oxygen atoms in total. The third-order valence-corrected chi connectivity index (χ3v) is 9.96. The minimum Gasteiger partial charge on any atom is -0.506 e. The molecule has 6 rings (SSSR count). The van der Waals surface area contributed by atoms with Gasteiger partial charge in [0.1, 0.15) is 11.5 Å². The smallest absolute Gasteiger partial charge is 0.412 e. The number of rotatable bonds is 15. The zero-order valence-electron chi connectivity index (χ0n) is 29.3. The molecule has 0 unspecified atom stereocenters. The quantitative estimate of drug-likeness (QED) is 0.0641. The second-order valence-corrected chi connectivity index (χ2v) is 13.6. The molecule has 0 radical (unpaired) electrons. The SMILES string of the molecule is NC1CCC(N(C(=O)O)c2cc(CCCCOc3ccc(CCNC[C@H](O)c4ccc(O)c5[nH]c(=O)ccc45)cc3)ccc2-c2ccccc2)CC1. The average molecular weight is 705 g/mol. The molecule has 4 aromatic carbocycles. The van der Waals surface area contributed by atoms with Crippen LogP contribution in [0.15, 0.2) is 102 Å². The van der Waals surface area contributed by atoms with Gasteiger partial charge in [0.25, 0.3) is 0 Å². The molecule has 5 aromatic rings. The van der Waals surface area contributed by atoms with Gasteiger partial charge >= 0.3 is 6.09 Å². The van der Waals surface area contributed by atoms with Crippen molar-refractivity contribution >= 4 is 22.7 Å². The van der Waals surface area contributed by atoms with E-state index in [4.69, 9.17) is 10.5 Å². The Morgan fingerprint density at radius 1 is 0.904 bits per heavy atom. The van der Waals surface area contributed by atoms with Gasteiger partial charge in [-0.05, 0) is 110 Å². The number of nitrogens with two attached hydrogens (primary N) is 1. The molecule has 0 bridgehead atoms. The normalized spacial score (nSPS) is 16.4. The number of anilines is 1. The zero-order valence-corrected chi connectivity index (χ0v) is 29.3. The number of unbranched alkanes of at least 4 members (excludes halogenated alkanes) is 1. The summed E-state index contributed by atoms with van der Waals surface area (Å²) in [6.07, 6.45) is 4.80. The third kappa shape index (κ3) is 9.19. The Balaban J connectivity index is 0.968. The number of phenols is 1. The van der Waals surface area contributed by atoms with Crippen molar-refractivity contribution in [3.8, 4) is 22.6 Å². The van der Waals surface area contributed by atoms with E-state index in [-0.39, 0.29) is 23.4 Å². The standard InChI is InChI=1S/C42H48N4O6/c43-31-12-14-32(15-13-31)46(42(50)51)37-26-29(11-18-34(37)30-7-2-1-3-8-30)6-4-5-25-52-33-16-9-28(10-17-33)23-24-44-27-39(48)35-19-21-38(47)41-36(35)20-22-40(49)45-41/h1-3,7-11,16-22,26,31-32,39,44,47-48H,4-6,12-15,23-25,27,43H2,(H,45,49)(H,50,51)/t31?,32?,39-/m0/s1. The maximum absolute atomic E-state index is 12.7. The van der Waals surface area contributed by atoms with E-state index in [0.29, 0.717) is 36.2 Å². The largest absolute Gasteiger partial charge is 0.506 e. The van der Waals surface area contributed by atoms with Crippen LogP contribution in [0.5, 0.6) is 11.5 Å². The monoisotopic (exact) mass is 704 g/mol. The van der Waals surface area contributed by atoms with Crippen LogP contribution in [0.1, 0.15) is 61.3 Å². The zero-order chi connectivity index (χ0) is 36.5. The predicted octanol–water partition coefficient (Wildman–Crippen LogP) is 6.92. The number of amides is 1. The van der Waals surface area contributed by atoms with Gasteiger partial charge in [-0.1, -0.05) is 60.7 Å². The second kappa shape index (κ2) is 17.4. The molecular formula is C42H48N4O6. The van der Waals surface area contributed by atoms with Gasteiger partial charge in [-0.15, -0.1) is 0 Å². The van der Waals surface area contributed by atoms with Crippen LogP contribution in [0.3, 0.4) is 0 Å². The first-order chi connectivity index (χ1) is 25.3. The van der Waals surface area contributed by atoms with Crippen molar-refractivity contribution < 1.29 is 24.9 Å². The molecule has 1 atom stereocenters. The summed E-state index contributed by atoms with van der Waals surface area (Å²) in [7, 11) is 0. The lowest BCUT2D eigenvalue weighted by atomic mass is 9.89. The van der Waals surface area contributed by atoms with Crippen molar-refractivity contribution in [1.29, 1.82) is 0 Å². The first-order valence-electron chi connectivity index (χ1n) is 18.2. The van der Waals surface area contributed by atoms with Crippen molar-refractivity contribution in [3.63, 3.8) is 0 Å². The Bertz CT molecular complexity index is 1990. The number of hydrogen-bond acceptors (Lipinski definition) is 7. The summed E-state index contributed by atoms with van der Waals surface area (Å²) in [5.74, 6) is 0.776. The van der Waals surface area contributed by atoms with E-state index in [2.05, 4.69) is 28.5 Å². The van der Waals surface area contributed by atoms with Crippen LogP contribution in [0.4, 0.5) is 10.5 Å². The van der Waals surface area contributed by atoms with Gasteiger partial charge in [0, 0.05) is 35.6 Å². The molecule has 1 amide bonds. The van der Waals surface area contributed by atoms with Crippen molar-refractivity contribution in [2.75, 3.05) is 24.6 Å². The molecule has 52 heavy (non-hydrogen) atoms. The van der Waals surface area contributed by atoms with Crippen molar-refractivity contribution in [3.05, 3.63) is 124 Å². The number of aromatic amines is 1. The van der Waals surface area contributed by atoms with Gasteiger partial charge < -0.3 is 36.1 Å². The molecule has 1 saturated carbocycles. The minimum atomic E-state index is -0.927. The molecule has 0 saturated heterocycles. The molecule has 1 heterocycles. The summed E-state index contributed by atoms with van der Waals surface area (Å²) < 4.78 is 6.03. The van der Waals surface area contributed by atoms with E-state index in [1.54, 1.807) is 17.0 Å². The van der Waals surface area contributed by atoms with E-state index in [0.717, 1.165) is 85.1 Å². The summed E-state index contributed by atoms with van der Waals surface area (Å²) in [5.41, 5.74) is 11.7. The number of ether oxygens (including phenoxy) is 1. The highest BCUT2D eigenvalue weighted by molar-refractivity contribution is 5.94. The number of aryl methyl sites for hydroxylation is 1. The number of carbonyl (C=O) groups is 1. The Labute approximate surface area is 303 Å². The second-order valence-electron chi connectivity index (χ2n) is 13.6. The first-order valence-corrected chi connectivity index (χ1v) is 18.2. The summed E-state index contributed by atoms with van der Waals surface area (Å²) in [5, 5.41) is 35.2. The molecular weight excluding hydrogens is 656 g/mol. The Hall–Kier alpha value is -5.16. The first kappa shape index (κ1) is 36.6. The molecule has 0 aliphatic heterocycles. The van der Waals surface area contributed by atoms with Crippen molar-refractivity contribution in [2.24, 2.45) is 5.73 Å². The molecule has 1 aromatic heterocycles. The van der Waals surface area contributed by atoms with Crippen molar-refractivity contribution in [1.82, 2.24) is 10.3 Å². The number of fused-ring (bicyclic) bond motifs is 1. The van der Waals surface area contributed by atoms with Crippen LogP contribution in [-0.2, 0) is 12.8 Å². The molecule has 1 aliphatic rings. The van der Waals surface area contributed by atoms with Crippen molar-refractivity contribution in [2.45, 2.75) is 69.6 Å². The van der Waals surface area contributed by atoms with Gasteiger partial charge in [0.15, 0.2) is 0 Å². The van der Waals surface area contributed by atoms with E-state index in [1.165, 1.54) is 12.1 Å². The Kier molecular flexibility index (Phi) is 12.2. The fraction of sp³-hybridized carbons (Fsp3) is 0.333. The van der Waals surface area contributed by atoms with Crippen LogP contribution < -0.4 is 26.2 Å². The molecule has 272 valence electrons. The molecule has 10 heteroatoms. The number of hydrogen-bond donors (Lipinski definition) is 6. The highest BCUT2D eigenvalue weighted by atomic mass is 16.5. The van der Waals surface area contributed by atoms with Crippen LogP contribution in [-0.4, -0.2) is 58.2 Å². The Morgan fingerprint density at radius 3 is 2.40 bits per heavy atom. The number of benzene rings is 4. The van der Waals surface area contributed by atoms with Crippen LogP contribution in [0.25, 0.3) is 22.0 Å². The lowest BCUT2D eigenvalue weighted by Crippen LogP contribution is -2.44. The van der Waals surface area contributed by atoms with E-state index in [9.17, 15) is 24.9 Å². The number of aromatic nitrogens is 1. The summed E-state index contributed by atoms with van der Waals surface area (Å²) in [6, 6.07) is 30.4. The number of aliphatic hydroxyl groups excluding tert-OH is 1.